The quantitative estimate of drug-likeness (QED) is 0.635. The predicted molar refractivity (Wildman–Crippen MR) is 83.6 cm³/mol. The van der Waals surface area contributed by atoms with Gasteiger partial charge in [0.2, 0.25) is 0 Å². The number of nitrogens with zero attached hydrogens (tertiary/aromatic N) is 2. The number of furan rings is 1. The van der Waals surface area contributed by atoms with Gasteiger partial charge in [-0.05, 0) is 43.7 Å². The van der Waals surface area contributed by atoms with Crippen LogP contribution in [0.15, 0.2) is 41.0 Å². The monoisotopic (exact) mass is 304 g/mol. The molecule has 21 heavy (non-hydrogen) atoms. The summed E-state index contributed by atoms with van der Waals surface area (Å²) in [5, 5.41) is 0.687. The number of rotatable bonds is 6. The normalized spacial score (nSPS) is 11.3. The molecule has 1 aromatic carbocycles. The van der Waals surface area contributed by atoms with Crippen LogP contribution in [0.1, 0.15) is 13.3 Å². The number of benzene rings is 1. The zero-order chi connectivity index (χ0) is 14.7. The molecule has 4 nitrogen and oxygen atoms in total. The van der Waals surface area contributed by atoms with Crippen molar-refractivity contribution in [3.8, 4) is 11.6 Å². The first-order chi connectivity index (χ1) is 10.3. The fourth-order valence-corrected chi connectivity index (χ4v) is 2.56. The Hall–Kier alpha value is -1.78. The van der Waals surface area contributed by atoms with Gasteiger partial charge in [0, 0.05) is 24.8 Å². The minimum atomic E-state index is 0.687. The number of halogens is 1. The lowest BCUT2D eigenvalue weighted by molar-refractivity contribution is 0.142. The molecule has 0 saturated heterocycles. The summed E-state index contributed by atoms with van der Waals surface area (Å²) in [5.41, 5.74) is 1.94. The van der Waals surface area contributed by atoms with E-state index >= 15 is 0 Å². The van der Waals surface area contributed by atoms with Gasteiger partial charge in [0.25, 0.3) is 0 Å². The molecule has 0 atom stereocenters. The Morgan fingerprint density at radius 3 is 3.00 bits per heavy atom. The average Bonchev–Trinajstić information content (AvgIpc) is 3.10. The van der Waals surface area contributed by atoms with Crippen molar-refractivity contribution < 1.29 is 9.15 Å². The number of aryl methyl sites for hydroxylation is 1. The van der Waals surface area contributed by atoms with E-state index in [0.29, 0.717) is 5.02 Å². The highest BCUT2D eigenvalue weighted by atomic mass is 35.5. The Labute approximate surface area is 128 Å². The summed E-state index contributed by atoms with van der Waals surface area (Å²) in [6.07, 6.45) is 2.59. The summed E-state index contributed by atoms with van der Waals surface area (Å²) >= 11 is 6.06. The lowest BCUT2D eigenvalue weighted by Gasteiger charge is -2.08. The number of fused-ring (bicyclic) bond motifs is 1. The highest BCUT2D eigenvalue weighted by Gasteiger charge is 2.14. The van der Waals surface area contributed by atoms with Gasteiger partial charge in [-0.2, -0.15) is 0 Å². The van der Waals surface area contributed by atoms with Gasteiger partial charge in [-0.1, -0.05) is 11.6 Å². The van der Waals surface area contributed by atoms with Crippen LogP contribution in [-0.2, 0) is 11.3 Å². The number of aromatic nitrogens is 2. The summed E-state index contributed by atoms with van der Waals surface area (Å²) < 4.78 is 13.1. The summed E-state index contributed by atoms with van der Waals surface area (Å²) in [6, 6.07) is 9.55. The van der Waals surface area contributed by atoms with Crippen molar-refractivity contribution in [2.45, 2.75) is 19.9 Å². The molecular weight excluding hydrogens is 288 g/mol. The van der Waals surface area contributed by atoms with Crippen molar-refractivity contribution in [2.75, 3.05) is 13.2 Å². The second-order valence-corrected chi connectivity index (χ2v) is 5.18. The van der Waals surface area contributed by atoms with Crippen molar-refractivity contribution >= 4 is 22.6 Å². The molecule has 0 aliphatic carbocycles. The Balaban J connectivity index is 1.99. The smallest absolute Gasteiger partial charge is 0.177 e. The maximum Gasteiger partial charge on any atom is 0.177 e. The molecule has 0 aliphatic heterocycles. The fourth-order valence-electron chi connectivity index (χ4n) is 2.39. The summed E-state index contributed by atoms with van der Waals surface area (Å²) in [5.74, 6) is 1.59. The van der Waals surface area contributed by atoms with Crippen molar-refractivity contribution in [1.29, 1.82) is 0 Å². The molecule has 2 heterocycles. The van der Waals surface area contributed by atoms with Crippen molar-refractivity contribution in [3.63, 3.8) is 0 Å². The predicted octanol–water partition coefficient (Wildman–Crippen LogP) is 4.38. The molecule has 0 aliphatic rings. The van der Waals surface area contributed by atoms with Crippen LogP contribution in [0.5, 0.6) is 0 Å². The van der Waals surface area contributed by atoms with Crippen LogP contribution in [0.2, 0.25) is 5.02 Å². The largest absolute Gasteiger partial charge is 0.461 e. The van der Waals surface area contributed by atoms with Crippen LogP contribution in [0.4, 0.5) is 0 Å². The molecule has 110 valence electrons. The van der Waals surface area contributed by atoms with Gasteiger partial charge < -0.3 is 13.7 Å². The Kier molecular flexibility index (Phi) is 4.27. The second-order valence-electron chi connectivity index (χ2n) is 4.75. The van der Waals surface area contributed by atoms with Crippen LogP contribution >= 0.6 is 11.6 Å². The molecule has 0 fully saturated rings. The first-order valence-electron chi connectivity index (χ1n) is 7.07. The topological polar surface area (TPSA) is 40.2 Å². The molecular formula is C16H17ClN2O2. The van der Waals surface area contributed by atoms with E-state index in [0.717, 1.165) is 48.8 Å². The third kappa shape index (κ3) is 2.96. The fraction of sp³-hybridized carbons (Fsp3) is 0.312. The summed E-state index contributed by atoms with van der Waals surface area (Å²) in [4.78, 5) is 4.66. The standard InChI is InChI=1S/C16H17ClN2O2/c1-2-20-9-4-8-19-14-7-6-12(17)11-13(14)18-16(19)15-5-3-10-21-15/h3,5-7,10-11H,2,4,8-9H2,1H3. The highest BCUT2D eigenvalue weighted by molar-refractivity contribution is 6.31. The third-order valence-corrected chi connectivity index (χ3v) is 3.56. The van der Waals surface area contributed by atoms with E-state index in [1.807, 2.05) is 37.3 Å². The molecule has 0 radical (unpaired) electrons. The van der Waals surface area contributed by atoms with Gasteiger partial charge in [0.15, 0.2) is 11.6 Å². The van der Waals surface area contributed by atoms with Gasteiger partial charge >= 0.3 is 0 Å². The summed E-state index contributed by atoms with van der Waals surface area (Å²) in [7, 11) is 0. The Bertz CT molecular complexity index is 719. The van der Waals surface area contributed by atoms with Crippen LogP contribution in [0, 0.1) is 0 Å². The molecule has 0 saturated carbocycles. The molecule has 3 rings (SSSR count). The molecule has 0 spiro atoms. The number of hydrogen-bond donors (Lipinski definition) is 0. The second kappa shape index (κ2) is 6.33. The minimum absolute atomic E-state index is 0.687. The maximum atomic E-state index is 6.06. The number of imidazole rings is 1. The highest BCUT2D eigenvalue weighted by Crippen LogP contribution is 2.27. The van der Waals surface area contributed by atoms with E-state index in [2.05, 4.69) is 9.55 Å². The molecule has 3 aromatic rings. The molecule has 0 amide bonds. The van der Waals surface area contributed by atoms with Crippen LogP contribution in [-0.4, -0.2) is 22.8 Å². The maximum absolute atomic E-state index is 6.06. The summed E-state index contributed by atoms with van der Waals surface area (Å²) in [6.45, 7) is 4.31. The van der Waals surface area contributed by atoms with Crippen LogP contribution in [0.3, 0.4) is 0 Å². The number of ether oxygens (including phenoxy) is 1. The van der Waals surface area contributed by atoms with Crippen LogP contribution < -0.4 is 0 Å². The molecule has 0 N–H and O–H groups in total. The average molecular weight is 305 g/mol. The van der Waals surface area contributed by atoms with Gasteiger partial charge in [-0.3, -0.25) is 0 Å². The van der Waals surface area contributed by atoms with E-state index < -0.39 is 0 Å². The van der Waals surface area contributed by atoms with E-state index in [9.17, 15) is 0 Å². The molecule has 5 heteroatoms. The molecule has 2 aromatic heterocycles. The zero-order valence-corrected chi connectivity index (χ0v) is 12.6. The lowest BCUT2D eigenvalue weighted by atomic mass is 10.3. The van der Waals surface area contributed by atoms with E-state index in [-0.39, 0.29) is 0 Å². The lowest BCUT2D eigenvalue weighted by Crippen LogP contribution is -2.04. The van der Waals surface area contributed by atoms with Gasteiger partial charge in [0.1, 0.15) is 0 Å². The number of hydrogen-bond acceptors (Lipinski definition) is 3. The van der Waals surface area contributed by atoms with Crippen molar-refractivity contribution in [3.05, 3.63) is 41.6 Å². The van der Waals surface area contributed by atoms with Crippen molar-refractivity contribution in [2.24, 2.45) is 0 Å². The molecule has 0 unspecified atom stereocenters. The van der Waals surface area contributed by atoms with E-state index in [1.165, 1.54) is 0 Å². The van der Waals surface area contributed by atoms with Gasteiger partial charge in [-0.15, -0.1) is 0 Å². The molecule has 0 bridgehead atoms. The van der Waals surface area contributed by atoms with E-state index in [4.69, 9.17) is 20.8 Å². The first kappa shape index (κ1) is 14.2. The zero-order valence-electron chi connectivity index (χ0n) is 11.9. The Morgan fingerprint density at radius 2 is 2.24 bits per heavy atom. The third-order valence-electron chi connectivity index (χ3n) is 3.33. The minimum Gasteiger partial charge on any atom is -0.461 e. The van der Waals surface area contributed by atoms with Crippen molar-refractivity contribution in [1.82, 2.24) is 9.55 Å². The van der Waals surface area contributed by atoms with Gasteiger partial charge in [0.05, 0.1) is 17.3 Å². The Morgan fingerprint density at radius 1 is 1.33 bits per heavy atom. The van der Waals surface area contributed by atoms with Gasteiger partial charge in [-0.25, -0.2) is 4.98 Å². The van der Waals surface area contributed by atoms with E-state index in [1.54, 1.807) is 6.26 Å². The first-order valence-corrected chi connectivity index (χ1v) is 7.45. The SMILES string of the molecule is CCOCCCn1c(-c2ccco2)nc2cc(Cl)ccc21. The van der Waals surface area contributed by atoms with Crippen LogP contribution in [0.25, 0.3) is 22.6 Å².